The van der Waals surface area contributed by atoms with Gasteiger partial charge in [0.25, 0.3) is 11.8 Å². The monoisotopic (exact) mass is 545 g/mol. The van der Waals surface area contributed by atoms with Crippen LogP contribution in [0, 0.1) is 0 Å². The van der Waals surface area contributed by atoms with Gasteiger partial charge in [-0.15, -0.1) is 0 Å². The average molecular weight is 546 g/mol. The minimum Gasteiger partial charge on any atom is -0.442 e. The van der Waals surface area contributed by atoms with Gasteiger partial charge < -0.3 is 30.6 Å². The second-order valence-electron chi connectivity index (χ2n) is 11.4. The number of hydrogen-bond donors (Lipinski definition) is 2. The Labute approximate surface area is 230 Å². The first-order valence-corrected chi connectivity index (χ1v) is 13.2. The van der Waals surface area contributed by atoms with E-state index in [0.717, 1.165) is 27.6 Å². The lowest BCUT2D eigenvalue weighted by Crippen LogP contribution is -2.43. The maximum absolute atomic E-state index is 13.3. The number of nitrogens with two attached hydrogens (primary N) is 2. The molecule has 1 fully saturated rings. The highest BCUT2D eigenvalue weighted by molar-refractivity contribution is 6.06. The first-order valence-electron chi connectivity index (χ1n) is 13.2. The van der Waals surface area contributed by atoms with E-state index in [0.29, 0.717) is 42.1 Å². The van der Waals surface area contributed by atoms with Crippen molar-refractivity contribution < 1.29 is 28.6 Å². The van der Waals surface area contributed by atoms with E-state index in [9.17, 15) is 14.4 Å². The van der Waals surface area contributed by atoms with Crippen LogP contribution in [0.3, 0.4) is 0 Å². The second-order valence-corrected chi connectivity index (χ2v) is 11.4. The van der Waals surface area contributed by atoms with Crippen LogP contribution < -0.4 is 11.5 Å². The minimum atomic E-state index is -1.14. The molecule has 2 amide bonds. The van der Waals surface area contributed by atoms with Crippen molar-refractivity contribution in [2.75, 3.05) is 32.1 Å². The molecule has 3 aromatic rings. The van der Waals surface area contributed by atoms with Crippen LogP contribution in [0.4, 0.5) is 10.5 Å². The first kappa shape index (κ1) is 26.0. The summed E-state index contributed by atoms with van der Waals surface area (Å²) in [5.41, 5.74) is 15.4. The number of benzene rings is 2. The topological polar surface area (TPSA) is 155 Å². The van der Waals surface area contributed by atoms with E-state index in [1.807, 2.05) is 51.1 Å². The number of amides is 2. The zero-order valence-electron chi connectivity index (χ0n) is 22.7. The number of nitrogens with zero attached hydrogens (tertiary/aromatic N) is 3. The van der Waals surface area contributed by atoms with Gasteiger partial charge in [0, 0.05) is 17.6 Å². The van der Waals surface area contributed by atoms with Crippen LogP contribution in [0.1, 0.15) is 48.8 Å². The molecule has 1 saturated heterocycles. The molecule has 0 spiro atoms. The van der Waals surface area contributed by atoms with Crippen molar-refractivity contribution in [3.05, 3.63) is 53.2 Å². The number of ether oxygens (including phenoxy) is 3. The van der Waals surface area contributed by atoms with Gasteiger partial charge in [-0.05, 0) is 67.7 Å². The molecule has 11 nitrogen and oxygen atoms in total. The molecule has 1 aromatic heterocycles. The maximum Gasteiger partial charge on any atom is 0.435 e. The fraction of sp³-hybridized carbons (Fsp3) is 0.379. The van der Waals surface area contributed by atoms with E-state index in [2.05, 4.69) is 5.10 Å². The van der Waals surface area contributed by atoms with Gasteiger partial charge in [0.05, 0.1) is 43.1 Å². The normalized spacial score (nSPS) is 20.4. The standard InChI is InChI=1S/C29H31N5O6/c1-28(2,3)40-27(37)34-22-7-4-17(12-19(22)24(32-34)16-8-10-38-11-9-16)18-5-6-21(30)23-20(18)13-33(25(23)35)14-29(15-39-29)26(31)36/h4-8,12H,9-11,13-15,30H2,1-3H3,(H2,31,36). The van der Waals surface area contributed by atoms with E-state index in [1.165, 1.54) is 4.68 Å². The number of primary amides is 1. The van der Waals surface area contributed by atoms with Gasteiger partial charge in [-0.2, -0.15) is 9.78 Å². The van der Waals surface area contributed by atoms with Crippen LogP contribution in [0.15, 0.2) is 36.4 Å². The largest absolute Gasteiger partial charge is 0.442 e. The van der Waals surface area contributed by atoms with E-state index in [1.54, 1.807) is 11.0 Å². The number of hydrogen-bond acceptors (Lipinski definition) is 8. The Morgan fingerprint density at radius 1 is 1.20 bits per heavy atom. The lowest BCUT2D eigenvalue weighted by atomic mass is 9.94. The summed E-state index contributed by atoms with van der Waals surface area (Å²) < 4.78 is 17.7. The number of carbonyl (C=O) groups excluding carboxylic acids is 3. The molecule has 40 heavy (non-hydrogen) atoms. The molecule has 3 aliphatic heterocycles. The molecule has 0 aliphatic carbocycles. The summed E-state index contributed by atoms with van der Waals surface area (Å²) in [4.78, 5) is 39.9. The molecular weight excluding hydrogens is 514 g/mol. The minimum absolute atomic E-state index is 0.0663. The van der Waals surface area contributed by atoms with Crippen LogP contribution in [0.2, 0.25) is 0 Å². The number of aromatic nitrogens is 2. The Kier molecular flexibility index (Phi) is 5.97. The summed E-state index contributed by atoms with van der Waals surface area (Å²) in [5.74, 6) is -0.857. The summed E-state index contributed by atoms with van der Waals surface area (Å²) in [5, 5.41) is 5.46. The summed E-state index contributed by atoms with van der Waals surface area (Å²) >= 11 is 0. The molecule has 3 aliphatic rings. The van der Waals surface area contributed by atoms with Gasteiger partial charge in [-0.3, -0.25) is 9.59 Å². The Morgan fingerprint density at radius 2 is 1.98 bits per heavy atom. The van der Waals surface area contributed by atoms with Crippen LogP contribution in [-0.2, 0) is 25.5 Å². The predicted molar refractivity (Wildman–Crippen MR) is 147 cm³/mol. The molecule has 2 aromatic carbocycles. The van der Waals surface area contributed by atoms with Gasteiger partial charge in [-0.25, -0.2) is 4.79 Å². The fourth-order valence-electron chi connectivity index (χ4n) is 5.32. The summed E-state index contributed by atoms with van der Waals surface area (Å²) in [6, 6.07) is 9.30. The van der Waals surface area contributed by atoms with E-state index in [4.69, 9.17) is 25.7 Å². The predicted octanol–water partition coefficient (Wildman–Crippen LogP) is 3.08. The molecule has 0 bridgehead atoms. The van der Waals surface area contributed by atoms with E-state index < -0.39 is 23.2 Å². The third-order valence-corrected chi connectivity index (χ3v) is 7.41. The molecular formula is C29H31N5O6. The number of nitrogen functional groups attached to an aromatic ring is 1. The van der Waals surface area contributed by atoms with Crippen molar-refractivity contribution in [1.82, 2.24) is 14.7 Å². The molecule has 1 atom stereocenters. The molecule has 1 unspecified atom stereocenters. The second kappa shape index (κ2) is 9.17. The fourth-order valence-corrected chi connectivity index (χ4v) is 5.32. The summed E-state index contributed by atoms with van der Waals surface area (Å²) in [7, 11) is 0. The van der Waals surface area contributed by atoms with Crippen LogP contribution in [-0.4, -0.2) is 70.2 Å². The summed E-state index contributed by atoms with van der Waals surface area (Å²) in [6.07, 6.45) is 2.07. The van der Waals surface area contributed by atoms with Crippen LogP contribution >= 0.6 is 0 Å². The number of anilines is 1. The molecule has 11 heteroatoms. The zero-order valence-corrected chi connectivity index (χ0v) is 22.7. The van der Waals surface area contributed by atoms with Crippen molar-refractivity contribution in [3.8, 4) is 11.1 Å². The van der Waals surface area contributed by atoms with Crippen LogP contribution in [0.5, 0.6) is 0 Å². The molecule has 0 radical (unpaired) electrons. The Balaban J connectivity index is 1.44. The molecule has 4 N–H and O–H groups in total. The molecule has 0 saturated carbocycles. The summed E-state index contributed by atoms with van der Waals surface area (Å²) in [6.45, 7) is 6.97. The molecule has 208 valence electrons. The lowest BCUT2D eigenvalue weighted by molar-refractivity contribution is -0.123. The lowest BCUT2D eigenvalue weighted by Gasteiger charge is -2.19. The highest BCUT2D eigenvalue weighted by Gasteiger charge is 2.53. The van der Waals surface area contributed by atoms with Crippen molar-refractivity contribution in [3.63, 3.8) is 0 Å². The SMILES string of the molecule is CC(C)(C)OC(=O)n1nc(C2=CCOCC2)c2cc(-c3ccc(N)c4c3CN(CC3(C(N)=O)CO3)C4=O)ccc21. The average Bonchev–Trinajstić information content (AvgIpc) is 3.49. The number of epoxide rings is 1. The van der Waals surface area contributed by atoms with Gasteiger partial charge in [0.2, 0.25) is 0 Å². The third kappa shape index (κ3) is 4.40. The van der Waals surface area contributed by atoms with Gasteiger partial charge >= 0.3 is 6.09 Å². The highest BCUT2D eigenvalue weighted by Crippen LogP contribution is 2.40. The Bertz CT molecular complexity index is 1610. The van der Waals surface area contributed by atoms with Crippen molar-refractivity contribution in [2.45, 2.75) is 44.9 Å². The van der Waals surface area contributed by atoms with E-state index in [-0.39, 0.29) is 25.6 Å². The molecule has 4 heterocycles. The quantitative estimate of drug-likeness (QED) is 0.366. The van der Waals surface area contributed by atoms with Crippen molar-refractivity contribution in [2.24, 2.45) is 5.73 Å². The van der Waals surface area contributed by atoms with Crippen LogP contribution in [0.25, 0.3) is 27.6 Å². The van der Waals surface area contributed by atoms with E-state index >= 15 is 0 Å². The van der Waals surface area contributed by atoms with Gasteiger partial charge in [0.15, 0.2) is 5.60 Å². The Morgan fingerprint density at radius 3 is 2.62 bits per heavy atom. The first-order chi connectivity index (χ1) is 19.0. The third-order valence-electron chi connectivity index (χ3n) is 7.41. The van der Waals surface area contributed by atoms with Gasteiger partial charge in [0.1, 0.15) is 5.60 Å². The number of carbonyl (C=O) groups is 3. The maximum atomic E-state index is 13.3. The number of fused-ring (bicyclic) bond motifs is 2. The van der Waals surface area contributed by atoms with Gasteiger partial charge in [-0.1, -0.05) is 18.2 Å². The Hall–Kier alpha value is -4.22. The number of rotatable bonds is 5. The molecule has 6 rings (SSSR count). The highest BCUT2D eigenvalue weighted by atomic mass is 16.6. The zero-order chi connectivity index (χ0) is 28.4. The van der Waals surface area contributed by atoms with Crippen molar-refractivity contribution >= 4 is 40.1 Å². The van der Waals surface area contributed by atoms with Crippen molar-refractivity contribution in [1.29, 1.82) is 0 Å². The smallest absolute Gasteiger partial charge is 0.435 e.